The Morgan fingerprint density at radius 2 is 1.86 bits per heavy atom. The molecule has 0 aliphatic heterocycles. The molecule has 1 aliphatic rings. The van der Waals surface area contributed by atoms with Crippen molar-refractivity contribution in [3.8, 4) is 0 Å². The zero-order chi connectivity index (χ0) is 16.0. The van der Waals surface area contributed by atoms with E-state index in [1.54, 1.807) is 5.32 Å². The van der Waals surface area contributed by atoms with Crippen LogP contribution in [-0.2, 0) is 9.59 Å². The fourth-order valence-corrected chi connectivity index (χ4v) is 2.47. The van der Waals surface area contributed by atoms with E-state index in [-0.39, 0.29) is 17.9 Å². The van der Waals surface area contributed by atoms with Crippen LogP contribution < -0.4 is 11.1 Å². The molecule has 1 aliphatic carbocycles. The number of amides is 2. The van der Waals surface area contributed by atoms with E-state index in [0.717, 1.165) is 30.6 Å². The lowest BCUT2D eigenvalue weighted by Gasteiger charge is -2.26. The lowest BCUT2D eigenvalue weighted by molar-refractivity contribution is -0.143. The van der Waals surface area contributed by atoms with Crippen molar-refractivity contribution < 1.29 is 22.8 Å². The van der Waals surface area contributed by atoms with Crippen LogP contribution in [0.4, 0.5) is 13.2 Å². The number of nitrogens with zero attached hydrogens (tertiary/aromatic N) is 1. The van der Waals surface area contributed by atoms with Crippen molar-refractivity contribution in [2.75, 3.05) is 20.1 Å². The van der Waals surface area contributed by atoms with Gasteiger partial charge in [-0.2, -0.15) is 13.2 Å². The zero-order valence-electron chi connectivity index (χ0n) is 12.1. The highest BCUT2D eigenvalue weighted by molar-refractivity contribution is 5.86. The van der Waals surface area contributed by atoms with Crippen LogP contribution in [0, 0.1) is 5.92 Å². The number of likely N-dealkylation sites (N-methyl/N-ethyl adjacent to an activating group) is 1. The third-order valence-corrected chi connectivity index (χ3v) is 3.63. The SMILES string of the molecule is CN(CC(=O)NCC(F)(F)F)C(=O)C1CCCCCC1N. The standard InChI is InChI=1S/C13H22F3N3O2/c1-19(7-11(20)18-8-13(14,15)16)12(21)9-5-3-2-4-6-10(9)17/h9-10H,2-8,17H2,1H3,(H,18,20). The van der Waals surface area contributed by atoms with Gasteiger partial charge in [0, 0.05) is 13.1 Å². The predicted octanol–water partition coefficient (Wildman–Crippen LogP) is 1.03. The molecular formula is C13H22F3N3O2. The zero-order valence-corrected chi connectivity index (χ0v) is 12.1. The topological polar surface area (TPSA) is 75.4 Å². The van der Waals surface area contributed by atoms with Gasteiger partial charge in [0.1, 0.15) is 6.54 Å². The molecule has 1 rings (SSSR count). The first-order valence-electron chi connectivity index (χ1n) is 7.04. The summed E-state index contributed by atoms with van der Waals surface area (Å²) in [6, 6.07) is -0.249. The third kappa shape index (κ3) is 6.33. The number of rotatable bonds is 4. The largest absolute Gasteiger partial charge is 0.405 e. The third-order valence-electron chi connectivity index (χ3n) is 3.63. The molecule has 0 aromatic rings. The minimum absolute atomic E-state index is 0.249. The van der Waals surface area contributed by atoms with E-state index in [4.69, 9.17) is 5.73 Å². The van der Waals surface area contributed by atoms with Crippen LogP contribution in [0.5, 0.6) is 0 Å². The maximum Gasteiger partial charge on any atom is 0.405 e. The van der Waals surface area contributed by atoms with Crippen molar-refractivity contribution in [2.45, 2.75) is 44.3 Å². The Hall–Kier alpha value is -1.31. The van der Waals surface area contributed by atoms with Crippen LogP contribution in [0.2, 0.25) is 0 Å². The van der Waals surface area contributed by atoms with Crippen LogP contribution in [0.25, 0.3) is 0 Å². The molecule has 0 heterocycles. The minimum atomic E-state index is -4.46. The van der Waals surface area contributed by atoms with Crippen LogP contribution in [0.1, 0.15) is 32.1 Å². The average molecular weight is 309 g/mol. The Balaban J connectivity index is 2.47. The summed E-state index contributed by atoms with van der Waals surface area (Å²) in [6.45, 7) is -1.78. The molecule has 0 spiro atoms. The number of nitrogens with one attached hydrogen (secondary N) is 1. The molecule has 21 heavy (non-hydrogen) atoms. The van der Waals surface area contributed by atoms with Gasteiger partial charge in [-0.1, -0.05) is 19.3 Å². The maximum absolute atomic E-state index is 12.2. The lowest BCUT2D eigenvalue weighted by atomic mass is 9.94. The van der Waals surface area contributed by atoms with Crippen LogP contribution in [0.15, 0.2) is 0 Å². The normalized spacial score (nSPS) is 23.3. The molecule has 5 nitrogen and oxygen atoms in total. The molecule has 0 bridgehead atoms. The summed E-state index contributed by atoms with van der Waals surface area (Å²) in [5, 5.41) is 1.75. The first-order chi connectivity index (χ1) is 9.70. The molecular weight excluding hydrogens is 287 g/mol. The van der Waals surface area contributed by atoms with E-state index in [1.807, 2.05) is 0 Å². The maximum atomic E-state index is 12.2. The number of hydrogen-bond donors (Lipinski definition) is 2. The molecule has 1 saturated carbocycles. The first kappa shape index (κ1) is 17.7. The van der Waals surface area contributed by atoms with Gasteiger partial charge in [0.25, 0.3) is 0 Å². The summed E-state index contributed by atoms with van der Waals surface area (Å²) >= 11 is 0. The Kier molecular flexibility index (Phi) is 6.44. The van der Waals surface area contributed by atoms with Gasteiger partial charge in [-0.05, 0) is 12.8 Å². The number of halogens is 3. The quantitative estimate of drug-likeness (QED) is 0.762. The van der Waals surface area contributed by atoms with Crippen molar-refractivity contribution in [3.05, 3.63) is 0 Å². The molecule has 8 heteroatoms. The number of nitrogens with two attached hydrogens (primary N) is 1. The summed E-state index contributed by atoms with van der Waals surface area (Å²) in [5.41, 5.74) is 5.97. The van der Waals surface area contributed by atoms with E-state index >= 15 is 0 Å². The van der Waals surface area contributed by atoms with E-state index in [2.05, 4.69) is 0 Å². The van der Waals surface area contributed by atoms with E-state index < -0.39 is 25.2 Å². The molecule has 0 saturated heterocycles. The van der Waals surface area contributed by atoms with Crippen LogP contribution >= 0.6 is 0 Å². The van der Waals surface area contributed by atoms with Crippen LogP contribution in [0.3, 0.4) is 0 Å². The van der Waals surface area contributed by atoms with Gasteiger partial charge in [0.2, 0.25) is 11.8 Å². The van der Waals surface area contributed by atoms with Crippen molar-refractivity contribution in [1.29, 1.82) is 0 Å². The van der Waals surface area contributed by atoms with Gasteiger partial charge in [-0.15, -0.1) is 0 Å². The Labute approximate surface area is 122 Å². The van der Waals surface area contributed by atoms with E-state index in [9.17, 15) is 22.8 Å². The second-order valence-corrected chi connectivity index (χ2v) is 5.49. The molecule has 0 radical (unpaired) electrons. The molecule has 0 aromatic heterocycles. The van der Waals surface area contributed by atoms with E-state index in [1.165, 1.54) is 7.05 Å². The van der Waals surface area contributed by atoms with Gasteiger partial charge in [-0.3, -0.25) is 9.59 Å². The number of hydrogen-bond acceptors (Lipinski definition) is 3. The smallest absolute Gasteiger partial charge is 0.345 e. The van der Waals surface area contributed by atoms with Crippen molar-refractivity contribution in [2.24, 2.45) is 11.7 Å². The summed E-state index contributed by atoms with van der Waals surface area (Å²) in [4.78, 5) is 24.8. The molecule has 2 amide bonds. The minimum Gasteiger partial charge on any atom is -0.345 e. The monoisotopic (exact) mass is 309 g/mol. The van der Waals surface area contributed by atoms with Gasteiger partial charge < -0.3 is 16.0 Å². The van der Waals surface area contributed by atoms with Crippen LogP contribution in [-0.4, -0.2) is 49.1 Å². The van der Waals surface area contributed by atoms with E-state index in [0.29, 0.717) is 6.42 Å². The Morgan fingerprint density at radius 3 is 2.48 bits per heavy atom. The van der Waals surface area contributed by atoms with Crippen molar-refractivity contribution in [1.82, 2.24) is 10.2 Å². The van der Waals surface area contributed by atoms with Gasteiger partial charge in [0.05, 0.1) is 12.5 Å². The lowest BCUT2D eigenvalue weighted by Crippen LogP contribution is -2.46. The second-order valence-electron chi connectivity index (χ2n) is 5.49. The summed E-state index contributed by atoms with van der Waals surface area (Å²) in [6.07, 6.45) is -0.146. The number of carbonyl (C=O) groups excluding carboxylic acids is 2. The molecule has 2 atom stereocenters. The fourth-order valence-electron chi connectivity index (χ4n) is 2.47. The first-order valence-corrected chi connectivity index (χ1v) is 7.04. The molecule has 3 N–H and O–H groups in total. The predicted molar refractivity (Wildman–Crippen MR) is 71.3 cm³/mol. The molecule has 2 unspecified atom stereocenters. The highest BCUT2D eigenvalue weighted by Gasteiger charge is 2.31. The fraction of sp³-hybridized carbons (Fsp3) is 0.846. The number of carbonyl (C=O) groups is 2. The van der Waals surface area contributed by atoms with Crippen molar-refractivity contribution in [3.63, 3.8) is 0 Å². The summed E-state index contributed by atoms with van der Waals surface area (Å²) < 4.78 is 36.0. The highest BCUT2D eigenvalue weighted by atomic mass is 19.4. The molecule has 122 valence electrons. The van der Waals surface area contributed by atoms with Gasteiger partial charge in [-0.25, -0.2) is 0 Å². The second kappa shape index (κ2) is 7.63. The summed E-state index contributed by atoms with van der Waals surface area (Å²) in [7, 11) is 1.41. The molecule has 0 aromatic carbocycles. The number of alkyl halides is 3. The average Bonchev–Trinajstić information content (AvgIpc) is 2.59. The summed E-state index contributed by atoms with van der Waals surface area (Å²) in [5.74, 6) is -1.45. The Bertz CT molecular complexity index is 374. The Morgan fingerprint density at radius 1 is 1.24 bits per heavy atom. The van der Waals surface area contributed by atoms with Gasteiger partial charge in [0.15, 0.2) is 0 Å². The highest BCUT2D eigenvalue weighted by Crippen LogP contribution is 2.23. The van der Waals surface area contributed by atoms with Crippen molar-refractivity contribution >= 4 is 11.8 Å². The van der Waals surface area contributed by atoms with Gasteiger partial charge >= 0.3 is 6.18 Å². The molecule has 1 fully saturated rings.